The van der Waals surface area contributed by atoms with Gasteiger partial charge in [0.15, 0.2) is 0 Å². The van der Waals surface area contributed by atoms with Crippen LogP contribution in [0.5, 0.6) is 0 Å². The van der Waals surface area contributed by atoms with Crippen LogP contribution in [0.3, 0.4) is 0 Å². The molecular formula is C20H28N4O2S. The first-order valence-electron chi connectivity index (χ1n) is 9.99. The van der Waals surface area contributed by atoms with E-state index >= 15 is 0 Å². The molecule has 2 aromatic rings. The van der Waals surface area contributed by atoms with Crippen LogP contribution in [-0.4, -0.2) is 58.7 Å². The van der Waals surface area contributed by atoms with Gasteiger partial charge in [-0.3, -0.25) is 9.69 Å². The minimum Gasteiger partial charge on any atom is -0.480 e. The van der Waals surface area contributed by atoms with Gasteiger partial charge in [-0.25, -0.2) is 9.97 Å². The maximum atomic E-state index is 11.0. The van der Waals surface area contributed by atoms with Gasteiger partial charge in [0.2, 0.25) is 0 Å². The van der Waals surface area contributed by atoms with Crippen LogP contribution in [0, 0.1) is 6.92 Å². The van der Waals surface area contributed by atoms with E-state index < -0.39 is 5.97 Å². The molecule has 0 bridgehead atoms. The Morgan fingerprint density at radius 1 is 1.22 bits per heavy atom. The van der Waals surface area contributed by atoms with Crippen LogP contribution >= 0.6 is 11.3 Å². The summed E-state index contributed by atoms with van der Waals surface area (Å²) in [5, 5.41) is 10.4. The van der Waals surface area contributed by atoms with E-state index in [0.717, 1.165) is 55.2 Å². The highest BCUT2D eigenvalue weighted by atomic mass is 32.1. The fourth-order valence-corrected chi connectivity index (χ4v) is 5.85. The summed E-state index contributed by atoms with van der Waals surface area (Å²) in [7, 11) is 1.93. The summed E-state index contributed by atoms with van der Waals surface area (Å²) in [5.41, 5.74) is 1.49. The molecular weight excluding hydrogens is 360 g/mol. The van der Waals surface area contributed by atoms with Crippen LogP contribution in [0.1, 0.15) is 48.4 Å². The van der Waals surface area contributed by atoms with Gasteiger partial charge in [0.05, 0.1) is 11.9 Å². The Labute approximate surface area is 164 Å². The molecule has 146 valence electrons. The summed E-state index contributed by atoms with van der Waals surface area (Å²) in [4.78, 5) is 27.7. The molecule has 0 aromatic carbocycles. The molecule has 1 unspecified atom stereocenters. The third kappa shape index (κ3) is 3.80. The van der Waals surface area contributed by atoms with Gasteiger partial charge in [-0.15, -0.1) is 11.3 Å². The van der Waals surface area contributed by atoms with Crippen LogP contribution < -0.4 is 4.90 Å². The third-order valence-corrected chi connectivity index (χ3v) is 7.10. The molecule has 7 heteroatoms. The molecule has 1 atom stereocenters. The lowest BCUT2D eigenvalue weighted by Gasteiger charge is -2.26. The first kappa shape index (κ1) is 18.6. The highest BCUT2D eigenvalue weighted by Crippen LogP contribution is 2.40. The van der Waals surface area contributed by atoms with Crippen molar-refractivity contribution in [2.75, 3.05) is 31.6 Å². The number of aromatic nitrogens is 2. The summed E-state index contributed by atoms with van der Waals surface area (Å²) < 4.78 is 0. The predicted octanol–water partition coefficient (Wildman–Crippen LogP) is 3.25. The topological polar surface area (TPSA) is 69.6 Å². The van der Waals surface area contributed by atoms with E-state index in [9.17, 15) is 4.79 Å². The molecule has 4 rings (SSSR count). The fourth-order valence-electron chi connectivity index (χ4n) is 4.54. The maximum absolute atomic E-state index is 11.0. The molecule has 3 heterocycles. The van der Waals surface area contributed by atoms with Crippen molar-refractivity contribution in [3.05, 3.63) is 16.3 Å². The Balaban J connectivity index is 1.62. The smallest absolute Gasteiger partial charge is 0.317 e. The summed E-state index contributed by atoms with van der Waals surface area (Å²) >= 11 is 1.86. The van der Waals surface area contributed by atoms with Gasteiger partial charge in [-0.2, -0.15) is 0 Å². The lowest BCUT2D eigenvalue weighted by Crippen LogP contribution is -2.36. The molecule has 1 fully saturated rings. The molecule has 1 N–H and O–H groups in total. The number of carboxylic acids is 1. The Hall–Kier alpha value is -1.73. The summed E-state index contributed by atoms with van der Waals surface area (Å²) in [6, 6.07) is 0.320. The van der Waals surface area contributed by atoms with Gasteiger partial charge in [-0.1, -0.05) is 0 Å². The highest BCUT2D eigenvalue weighted by Gasteiger charge is 2.26. The zero-order valence-corrected chi connectivity index (χ0v) is 17.0. The van der Waals surface area contributed by atoms with E-state index in [1.165, 1.54) is 35.1 Å². The Kier molecular flexibility index (Phi) is 5.32. The lowest BCUT2D eigenvalue weighted by atomic mass is 9.97. The Bertz CT molecular complexity index is 850. The zero-order chi connectivity index (χ0) is 19.0. The second-order valence-electron chi connectivity index (χ2n) is 7.87. The molecule has 0 amide bonds. The predicted molar refractivity (Wildman–Crippen MR) is 109 cm³/mol. The van der Waals surface area contributed by atoms with Crippen LogP contribution in [0.25, 0.3) is 10.2 Å². The number of nitrogens with zero attached hydrogens (tertiary/aromatic N) is 4. The second-order valence-corrected chi connectivity index (χ2v) is 8.95. The minimum atomic E-state index is -0.753. The number of thiophene rings is 1. The van der Waals surface area contributed by atoms with Crippen molar-refractivity contribution in [2.45, 2.75) is 57.9 Å². The molecule has 27 heavy (non-hydrogen) atoms. The van der Waals surface area contributed by atoms with Crippen LogP contribution in [-0.2, 0) is 17.6 Å². The van der Waals surface area contributed by atoms with E-state index in [4.69, 9.17) is 15.1 Å². The van der Waals surface area contributed by atoms with E-state index in [1.807, 2.05) is 30.2 Å². The standard InChI is InChI=1S/C20H28N4O2S/c1-13-21-19(18-15-7-3-4-8-16(15)27-20(18)22-13)24-10-5-6-14(9-11-24)23(2)12-17(25)26/h14H,3-12H2,1-2H3,(H,25,26). The van der Waals surface area contributed by atoms with Gasteiger partial charge in [0.1, 0.15) is 16.5 Å². The number of rotatable bonds is 4. The van der Waals surface area contributed by atoms with Crippen molar-refractivity contribution in [1.29, 1.82) is 0 Å². The number of carboxylic acid groups (broad SMARTS) is 1. The molecule has 1 aliphatic carbocycles. The number of carbonyl (C=O) groups is 1. The highest BCUT2D eigenvalue weighted by molar-refractivity contribution is 7.19. The van der Waals surface area contributed by atoms with Crippen molar-refractivity contribution in [1.82, 2.24) is 14.9 Å². The first-order valence-corrected chi connectivity index (χ1v) is 10.8. The van der Waals surface area contributed by atoms with Gasteiger partial charge in [0.25, 0.3) is 0 Å². The van der Waals surface area contributed by atoms with E-state index in [0.29, 0.717) is 6.04 Å². The third-order valence-electron chi connectivity index (χ3n) is 5.91. The number of hydrogen-bond donors (Lipinski definition) is 1. The average molecular weight is 389 g/mol. The fraction of sp³-hybridized carbons (Fsp3) is 0.650. The molecule has 1 saturated heterocycles. The number of likely N-dealkylation sites (N-methyl/N-ethyl adjacent to an activating group) is 1. The summed E-state index contributed by atoms with van der Waals surface area (Å²) in [6.07, 6.45) is 7.93. The maximum Gasteiger partial charge on any atom is 0.317 e. The molecule has 2 aromatic heterocycles. The summed E-state index contributed by atoms with van der Waals surface area (Å²) in [5.74, 6) is 1.20. The number of hydrogen-bond acceptors (Lipinski definition) is 6. The van der Waals surface area contributed by atoms with Gasteiger partial charge in [-0.05, 0) is 64.5 Å². The Morgan fingerprint density at radius 2 is 2.04 bits per heavy atom. The molecule has 6 nitrogen and oxygen atoms in total. The normalized spacial score (nSPS) is 20.7. The molecule has 1 aliphatic heterocycles. The molecule has 0 spiro atoms. The largest absolute Gasteiger partial charge is 0.480 e. The van der Waals surface area contributed by atoms with Gasteiger partial charge < -0.3 is 10.0 Å². The SMILES string of the molecule is Cc1nc(N2CCCC(N(C)CC(=O)O)CC2)c2c3c(sc2n1)CCCC3. The van der Waals surface area contributed by atoms with Crippen LogP contribution in [0.4, 0.5) is 5.82 Å². The monoisotopic (exact) mass is 388 g/mol. The van der Waals surface area contributed by atoms with Gasteiger partial charge in [0, 0.05) is 24.0 Å². The minimum absolute atomic E-state index is 0.111. The number of aliphatic carboxylic acids is 1. The van der Waals surface area contributed by atoms with Crippen molar-refractivity contribution in [3.63, 3.8) is 0 Å². The average Bonchev–Trinajstić information content (AvgIpc) is 2.82. The number of anilines is 1. The van der Waals surface area contributed by atoms with E-state index in [-0.39, 0.29) is 6.54 Å². The zero-order valence-electron chi connectivity index (χ0n) is 16.2. The Morgan fingerprint density at radius 3 is 2.85 bits per heavy atom. The van der Waals surface area contributed by atoms with Crippen molar-refractivity contribution in [2.24, 2.45) is 0 Å². The van der Waals surface area contributed by atoms with Crippen LogP contribution in [0.15, 0.2) is 0 Å². The quantitative estimate of drug-likeness (QED) is 0.867. The molecule has 0 radical (unpaired) electrons. The first-order chi connectivity index (χ1) is 13.0. The van der Waals surface area contributed by atoms with E-state index in [1.54, 1.807) is 0 Å². The second kappa shape index (κ2) is 7.72. The van der Waals surface area contributed by atoms with E-state index in [2.05, 4.69) is 4.90 Å². The molecule has 0 saturated carbocycles. The lowest BCUT2D eigenvalue weighted by molar-refractivity contribution is -0.138. The van der Waals surface area contributed by atoms with Crippen LogP contribution in [0.2, 0.25) is 0 Å². The summed E-state index contributed by atoms with van der Waals surface area (Å²) in [6.45, 7) is 4.00. The molecule has 2 aliphatic rings. The van der Waals surface area contributed by atoms with Crippen molar-refractivity contribution in [3.8, 4) is 0 Å². The number of fused-ring (bicyclic) bond motifs is 3. The van der Waals surface area contributed by atoms with Crippen molar-refractivity contribution < 1.29 is 9.90 Å². The number of aryl methyl sites for hydroxylation is 3. The van der Waals surface area contributed by atoms with Crippen molar-refractivity contribution >= 4 is 33.3 Å². The van der Waals surface area contributed by atoms with Gasteiger partial charge >= 0.3 is 5.97 Å².